The van der Waals surface area contributed by atoms with E-state index in [-0.39, 0.29) is 5.97 Å². The normalized spacial score (nSPS) is 22.0. The minimum Gasteiger partial charge on any atom is -0.462 e. The van der Waals surface area contributed by atoms with Gasteiger partial charge >= 0.3 is 5.97 Å². The third kappa shape index (κ3) is 4.59. The van der Waals surface area contributed by atoms with Gasteiger partial charge in [-0.2, -0.15) is 0 Å². The minimum atomic E-state index is -0.199. The van der Waals surface area contributed by atoms with Crippen molar-refractivity contribution in [3.63, 3.8) is 0 Å². The van der Waals surface area contributed by atoms with E-state index in [0.717, 1.165) is 12.3 Å². The standard InChI is InChI=1S/C19H28O2/c1-3-5-15-6-8-16(9-7-15)17-10-12-18(13-11-17)19(20)21-14-4-2/h10-13,15-16H,3-9,14H2,1-2H3/t15-,16-. The third-order valence-electron chi connectivity index (χ3n) is 4.60. The summed E-state index contributed by atoms with van der Waals surface area (Å²) in [6, 6.07) is 8.08. The Labute approximate surface area is 128 Å². The first-order valence-corrected chi connectivity index (χ1v) is 8.51. The van der Waals surface area contributed by atoms with Crippen LogP contribution in [-0.4, -0.2) is 12.6 Å². The zero-order valence-corrected chi connectivity index (χ0v) is 13.4. The molecule has 0 spiro atoms. The van der Waals surface area contributed by atoms with Crippen LogP contribution >= 0.6 is 0 Å². The molecule has 2 heteroatoms. The van der Waals surface area contributed by atoms with Gasteiger partial charge < -0.3 is 4.74 Å². The van der Waals surface area contributed by atoms with Crippen LogP contribution in [0.5, 0.6) is 0 Å². The molecule has 21 heavy (non-hydrogen) atoms. The van der Waals surface area contributed by atoms with Crippen LogP contribution in [0.15, 0.2) is 24.3 Å². The smallest absolute Gasteiger partial charge is 0.338 e. The van der Waals surface area contributed by atoms with Crippen LogP contribution in [0.4, 0.5) is 0 Å². The Morgan fingerprint density at radius 1 is 1.05 bits per heavy atom. The van der Waals surface area contributed by atoms with Crippen LogP contribution < -0.4 is 0 Å². The summed E-state index contributed by atoms with van der Waals surface area (Å²) >= 11 is 0. The molecule has 0 N–H and O–H groups in total. The first-order chi connectivity index (χ1) is 10.2. The lowest BCUT2D eigenvalue weighted by Crippen LogP contribution is -2.13. The van der Waals surface area contributed by atoms with Gasteiger partial charge in [0.2, 0.25) is 0 Å². The Bertz CT molecular complexity index is 427. The average molecular weight is 288 g/mol. The maximum Gasteiger partial charge on any atom is 0.338 e. The molecule has 2 rings (SSSR count). The summed E-state index contributed by atoms with van der Waals surface area (Å²) in [4.78, 5) is 11.8. The van der Waals surface area contributed by atoms with Crippen LogP contribution in [0.1, 0.15) is 80.6 Å². The summed E-state index contributed by atoms with van der Waals surface area (Å²) < 4.78 is 5.16. The van der Waals surface area contributed by atoms with Crippen molar-refractivity contribution >= 4 is 5.97 Å². The number of rotatable bonds is 6. The highest BCUT2D eigenvalue weighted by molar-refractivity contribution is 5.89. The van der Waals surface area contributed by atoms with Gasteiger partial charge in [0.1, 0.15) is 0 Å². The Morgan fingerprint density at radius 3 is 2.29 bits per heavy atom. The van der Waals surface area contributed by atoms with Crippen LogP contribution in [0.25, 0.3) is 0 Å². The fourth-order valence-corrected chi connectivity index (χ4v) is 3.36. The summed E-state index contributed by atoms with van der Waals surface area (Å²) in [7, 11) is 0. The number of benzene rings is 1. The van der Waals surface area contributed by atoms with Crippen molar-refractivity contribution in [3.05, 3.63) is 35.4 Å². The van der Waals surface area contributed by atoms with E-state index < -0.39 is 0 Å². The molecule has 0 radical (unpaired) electrons. The van der Waals surface area contributed by atoms with Crippen molar-refractivity contribution in [2.45, 2.75) is 64.7 Å². The van der Waals surface area contributed by atoms with Gasteiger partial charge in [-0.3, -0.25) is 0 Å². The molecule has 1 saturated carbocycles. The first-order valence-electron chi connectivity index (χ1n) is 8.51. The molecular weight excluding hydrogens is 260 g/mol. The van der Waals surface area contributed by atoms with Gasteiger partial charge in [-0.05, 0) is 61.6 Å². The maximum absolute atomic E-state index is 11.8. The van der Waals surface area contributed by atoms with Crippen molar-refractivity contribution in [2.75, 3.05) is 6.61 Å². The molecule has 0 aliphatic heterocycles. The number of carbonyl (C=O) groups is 1. The second-order valence-corrected chi connectivity index (χ2v) is 6.26. The fourth-order valence-electron chi connectivity index (χ4n) is 3.36. The summed E-state index contributed by atoms with van der Waals surface area (Å²) in [5.41, 5.74) is 2.06. The highest BCUT2D eigenvalue weighted by atomic mass is 16.5. The molecule has 0 atom stereocenters. The number of hydrogen-bond acceptors (Lipinski definition) is 2. The molecular formula is C19H28O2. The fraction of sp³-hybridized carbons (Fsp3) is 0.632. The van der Waals surface area contributed by atoms with Crippen LogP contribution in [-0.2, 0) is 4.74 Å². The minimum absolute atomic E-state index is 0.199. The third-order valence-corrected chi connectivity index (χ3v) is 4.60. The SMILES string of the molecule is CCCOC(=O)c1ccc([C@H]2CC[C@H](CCC)CC2)cc1. The van der Waals surface area contributed by atoms with Crippen molar-refractivity contribution in [1.29, 1.82) is 0 Å². The molecule has 1 aliphatic carbocycles. The Balaban J connectivity index is 1.89. The van der Waals surface area contributed by atoms with Gasteiger partial charge in [0.15, 0.2) is 0 Å². The average Bonchev–Trinajstić information content (AvgIpc) is 2.54. The molecule has 0 aromatic heterocycles. The molecule has 2 nitrogen and oxygen atoms in total. The predicted molar refractivity (Wildman–Crippen MR) is 86.6 cm³/mol. The van der Waals surface area contributed by atoms with E-state index in [1.807, 2.05) is 19.1 Å². The van der Waals surface area contributed by atoms with Crippen molar-refractivity contribution in [1.82, 2.24) is 0 Å². The number of carbonyl (C=O) groups excluding carboxylic acids is 1. The number of esters is 1. The molecule has 116 valence electrons. The zero-order chi connectivity index (χ0) is 15.1. The number of hydrogen-bond donors (Lipinski definition) is 0. The summed E-state index contributed by atoms with van der Waals surface area (Å²) in [6.07, 6.45) is 8.87. The monoisotopic (exact) mass is 288 g/mol. The van der Waals surface area contributed by atoms with Crippen LogP contribution in [0, 0.1) is 5.92 Å². The Morgan fingerprint density at radius 2 is 1.71 bits per heavy atom. The van der Waals surface area contributed by atoms with E-state index in [4.69, 9.17) is 4.74 Å². The van der Waals surface area contributed by atoms with Gasteiger partial charge in [0.05, 0.1) is 12.2 Å². The highest BCUT2D eigenvalue weighted by Gasteiger charge is 2.21. The van der Waals surface area contributed by atoms with Crippen LogP contribution in [0.2, 0.25) is 0 Å². The van der Waals surface area contributed by atoms with Crippen molar-refractivity contribution in [2.24, 2.45) is 5.92 Å². The summed E-state index contributed by atoms with van der Waals surface area (Å²) in [6.45, 7) is 4.79. The van der Waals surface area contributed by atoms with E-state index >= 15 is 0 Å². The predicted octanol–water partition coefficient (Wildman–Crippen LogP) is 5.33. The zero-order valence-electron chi connectivity index (χ0n) is 13.4. The molecule has 1 aromatic carbocycles. The molecule has 0 saturated heterocycles. The van der Waals surface area contributed by atoms with Crippen molar-refractivity contribution in [3.8, 4) is 0 Å². The van der Waals surface area contributed by atoms with E-state index in [0.29, 0.717) is 18.1 Å². The number of ether oxygens (including phenoxy) is 1. The second-order valence-electron chi connectivity index (χ2n) is 6.26. The first kappa shape index (κ1) is 16.1. The quantitative estimate of drug-likeness (QED) is 0.661. The van der Waals surface area contributed by atoms with Crippen LogP contribution in [0.3, 0.4) is 0 Å². The van der Waals surface area contributed by atoms with E-state index in [9.17, 15) is 4.79 Å². The lowest BCUT2D eigenvalue weighted by Gasteiger charge is -2.28. The Hall–Kier alpha value is -1.31. The molecule has 1 fully saturated rings. The lowest BCUT2D eigenvalue weighted by atomic mass is 9.77. The van der Waals surface area contributed by atoms with E-state index in [2.05, 4.69) is 19.1 Å². The van der Waals surface area contributed by atoms with E-state index in [1.165, 1.54) is 44.1 Å². The van der Waals surface area contributed by atoms with Gasteiger partial charge in [0.25, 0.3) is 0 Å². The molecule has 0 amide bonds. The van der Waals surface area contributed by atoms with Gasteiger partial charge in [0, 0.05) is 0 Å². The molecule has 1 aromatic rings. The van der Waals surface area contributed by atoms with E-state index in [1.54, 1.807) is 0 Å². The second kappa shape index (κ2) is 8.21. The largest absolute Gasteiger partial charge is 0.462 e. The van der Waals surface area contributed by atoms with Gasteiger partial charge in [-0.1, -0.05) is 38.8 Å². The highest BCUT2D eigenvalue weighted by Crippen LogP contribution is 2.37. The lowest BCUT2D eigenvalue weighted by molar-refractivity contribution is 0.0505. The molecule has 1 aliphatic rings. The summed E-state index contributed by atoms with van der Waals surface area (Å²) in [5.74, 6) is 1.42. The Kier molecular flexibility index (Phi) is 6.28. The van der Waals surface area contributed by atoms with Gasteiger partial charge in [-0.15, -0.1) is 0 Å². The topological polar surface area (TPSA) is 26.3 Å². The maximum atomic E-state index is 11.8. The molecule has 0 unspecified atom stereocenters. The molecule has 0 heterocycles. The summed E-state index contributed by atoms with van der Waals surface area (Å²) in [5, 5.41) is 0. The van der Waals surface area contributed by atoms with Crippen molar-refractivity contribution < 1.29 is 9.53 Å². The molecule has 0 bridgehead atoms. The van der Waals surface area contributed by atoms with Gasteiger partial charge in [-0.25, -0.2) is 4.79 Å².